The van der Waals surface area contributed by atoms with Crippen molar-refractivity contribution >= 4 is 29.1 Å². The summed E-state index contributed by atoms with van der Waals surface area (Å²) in [7, 11) is 1.79. The summed E-state index contributed by atoms with van der Waals surface area (Å²) in [5.74, 6) is 0.561. The second-order valence-electron chi connectivity index (χ2n) is 3.98. The van der Waals surface area contributed by atoms with E-state index in [9.17, 15) is 4.79 Å². The van der Waals surface area contributed by atoms with Crippen molar-refractivity contribution in [1.29, 1.82) is 0 Å². The molecule has 0 unspecified atom stereocenters. The second kappa shape index (κ2) is 6.04. The molecule has 19 heavy (non-hydrogen) atoms. The van der Waals surface area contributed by atoms with E-state index in [0.717, 1.165) is 5.56 Å². The van der Waals surface area contributed by atoms with Crippen molar-refractivity contribution in [3.8, 4) is 0 Å². The number of hydrogen-bond acceptors (Lipinski definition) is 3. The van der Waals surface area contributed by atoms with Gasteiger partial charge in [-0.15, -0.1) is 0 Å². The summed E-state index contributed by atoms with van der Waals surface area (Å²) >= 11 is 11.8. The van der Waals surface area contributed by atoms with Crippen molar-refractivity contribution in [1.82, 2.24) is 19.9 Å². The Hall–Kier alpha value is -1.59. The third kappa shape index (κ3) is 3.45. The maximum atomic E-state index is 11.8. The summed E-state index contributed by atoms with van der Waals surface area (Å²) in [6.45, 7) is 0.324. The van der Waals surface area contributed by atoms with Crippen LogP contribution in [0.5, 0.6) is 0 Å². The van der Waals surface area contributed by atoms with Gasteiger partial charge < -0.3 is 9.88 Å². The number of nitrogens with zero attached hydrogens (tertiary/aromatic N) is 3. The van der Waals surface area contributed by atoms with E-state index in [1.54, 1.807) is 30.1 Å². The molecule has 2 heterocycles. The summed E-state index contributed by atoms with van der Waals surface area (Å²) < 4.78 is 1.71. The lowest BCUT2D eigenvalue weighted by Gasteiger charge is -2.06. The fraction of sp³-hybridized carbons (Fsp3) is 0.250. The Morgan fingerprint density at radius 1 is 1.42 bits per heavy atom. The van der Waals surface area contributed by atoms with E-state index in [2.05, 4.69) is 15.3 Å². The summed E-state index contributed by atoms with van der Waals surface area (Å²) in [6, 6.07) is 1.72. The lowest BCUT2D eigenvalue weighted by Crippen LogP contribution is -2.26. The molecule has 0 aliphatic heterocycles. The van der Waals surface area contributed by atoms with Crippen LogP contribution in [0.25, 0.3) is 0 Å². The molecular formula is C12H12Cl2N4O. The van der Waals surface area contributed by atoms with Crippen molar-refractivity contribution in [2.75, 3.05) is 0 Å². The number of pyridine rings is 1. The van der Waals surface area contributed by atoms with E-state index in [-0.39, 0.29) is 12.3 Å². The quantitative estimate of drug-likeness (QED) is 0.939. The van der Waals surface area contributed by atoms with Crippen molar-refractivity contribution in [2.24, 2.45) is 7.05 Å². The van der Waals surface area contributed by atoms with E-state index in [0.29, 0.717) is 22.5 Å². The number of hydrogen-bond donors (Lipinski definition) is 1. The number of carbonyl (C=O) groups is 1. The minimum atomic E-state index is -0.132. The molecule has 0 saturated heterocycles. The fourth-order valence-electron chi connectivity index (χ4n) is 1.55. The van der Waals surface area contributed by atoms with Crippen molar-refractivity contribution in [3.05, 3.63) is 46.2 Å². The van der Waals surface area contributed by atoms with Crippen LogP contribution in [0.2, 0.25) is 10.2 Å². The zero-order valence-electron chi connectivity index (χ0n) is 10.2. The summed E-state index contributed by atoms with van der Waals surface area (Å²) in [5.41, 5.74) is 0.743. The molecule has 0 radical (unpaired) electrons. The molecule has 0 aliphatic carbocycles. The maximum absolute atomic E-state index is 11.8. The molecule has 2 aromatic rings. The van der Waals surface area contributed by atoms with Gasteiger partial charge in [0.25, 0.3) is 0 Å². The van der Waals surface area contributed by atoms with Gasteiger partial charge in [0.15, 0.2) is 0 Å². The number of aromatic nitrogens is 3. The summed E-state index contributed by atoms with van der Waals surface area (Å²) in [5, 5.41) is 3.78. The van der Waals surface area contributed by atoms with Crippen LogP contribution in [0.3, 0.4) is 0 Å². The van der Waals surface area contributed by atoms with Crippen LogP contribution in [0.1, 0.15) is 11.4 Å². The molecule has 2 aromatic heterocycles. The molecule has 0 aliphatic rings. The smallest absolute Gasteiger partial charge is 0.224 e. The minimum absolute atomic E-state index is 0.132. The molecule has 0 fully saturated rings. The van der Waals surface area contributed by atoms with Crippen LogP contribution in [0.15, 0.2) is 24.7 Å². The van der Waals surface area contributed by atoms with Crippen LogP contribution < -0.4 is 5.32 Å². The maximum Gasteiger partial charge on any atom is 0.224 e. The number of carbonyl (C=O) groups excluding carboxylic acids is 1. The first-order chi connectivity index (χ1) is 9.08. The van der Waals surface area contributed by atoms with Gasteiger partial charge >= 0.3 is 0 Å². The number of rotatable bonds is 4. The van der Waals surface area contributed by atoms with E-state index in [1.807, 2.05) is 0 Å². The van der Waals surface area contributed by atoms with Crippen LogP contribution in [0.4, 0.5) is 0 Å². The van der Waals surface area contributed by atoms with Crippen LogP contribution >= 0.6 is 23.2 Å². The molecular weight excluding hydrogens is 287 g/mol. The van der Waals surface area contributed by atoms with E-state index in [4.69, 9.17) is 23.2 Å². The molecule has 100 valence electrons. The number of halogens is 2. The predicted octanol–water partition coefficient (Wildman–Crippen LogP) is 1.98. The minimum Gasteiger partial charge on any atom is -0.349 e. The Morgan fingerprint density at radius 2 is 2.21 bits per heavy atom. The Kier molecular flexibility index (Phi) is 4.39. The lowest BCUT2D eigenvalue weighted by molar-refractivity contribution is -0.120. The zero-order chi connectivity index (χ0) is 13.8. The molecule has 2 rings (SSSR count). The van der Waals surface area contributed by atoms with Gasteiger partial charge in [0, 0.05) is 19.4 Å². The van der Waals surface area contributed by atoms with Gasteiger partial charge in [-0.05, 0) is 11.6 Å². The molecule has 0 spiro atoms. The van der Waals surface area contributed by atoms with Gasteiger partial charge in [0.2, 0.25) is 5.91 Å². The van der Waals surface area contributed by atoms with Gasteiger partial charge in [0.05, 0.1) is 24.2 Å². The number of nitrogens with one attached hydrogen (secondary N) is 1. The first-order valence-corrected chi connectivity index (χ1v) is 6.34. The first-order valence-electron chi connectivity index (χ1n) is 5.59. The molecule has 5 nitrogen and oxygen atoms in total. The van der Waals surface area contributed by atoms with Crippen LogP contribution in [0, 0.1) is 0 Å². The van der Waals surface area contributed by atoms with E-state index in [1.165, 1.54) is 6.20 Å². The standard InChI is InChI=1S/C12H12Cl2N4O/c1-18-10(14)6-16-11(18)7-17-12(19)4-8-2-3-15-5-9(8)13/h2-3,5-6H,4,7H2,1H3,(H,17,19). The molecule has 1 amide bonds. The first kappa shape index (κ1) is 13.8. The van der Waals surface area contributed by atoms with Crippen LogP contribution in [-0.4, -0.2) is 20.4 Å². The monoisotopic (exact) mass is 298 g/mol. The Balaban J connectivity index is 1.92. The molecule has 7 heteroatoms. The molecule has 0 atom stereocenters. The SMILES string of the molecule is Cn1c(Cl)cnc1CNC(=O)Cc1ccncc1Cl. The molecule has 0 aromatic carbocycles. The van der Waals surface area contributed by atoms with E-state index < -0.39 is 0 Å². The summed E-state index contributed by atoms with van der Waals surface area (Å²) in [4.78, 5) is 19.8. The van der Waals surface area contributed by atoms with Crippen molar-refractivity contribution in [3.63, 3.8) is 0 Å². The third-order valence-corrected chi connectivity index (χ3v) is 3.37. The second-order valence-corrected chi connectivity index (χ2v) is 4.77. The Morgan fingerprint density at radius 3 is 2.84 bits per heavy atom. The highest BCUT2D eigenvalue weighted by Crippen LogP contribution is 2.14. The Bertz CT molecular complexity index is 597. The Labute approximate surface area is 120 Å². The topological polar surface area (TPSA) is 59.8 Å². The molecule has 0 saturated carbocycles. The normalized spacial score (nSPS) is 10.5. The zero-order valence-corrected chi connectivity index (χ0v) is 11.7. The summed E-state index contributed by atoms with van der Waals surface area (Å²) in [6.07, 6.45) is 4.87. The highest BCUT2D eigenvalue weighted by Gasteiger charge is 2.09. The molecule has 0 bridgehead atoms. The van der Waals surface area contributed by atoms with Crippen molar-refractivity contribution in [2.45, 2.75) is 13.0 Å². The van der Waals surface area contributed by atoms with Gasteiger partial charge in [-0.1, -0.05) is 23.2 Å². The predicted molar refractivity (Wildman–Crippen MR) is 73.0 cm³/mol. The van der Waals surface area contributed by atoms with Gasteiger partial charge in [0.1, 0.15) is 11.0 Å². The average Bonchev–Trinajstić information content (AvgIpc) is 2.70. The fourth-order valence-corrected chi connectivity index (χ4v) is 1.88. The van der Waals surface area contributed by atoms with Crippen LogP contribution in [-0.2, 0) is 24.8 Å². The average molecular weight is 299 g/mol. The molecule has 1 N–H and O–H groups in total. The lowest BCUT2D eigenvalue weighted by atomic mass is 10.2. The van der Waals surface area contributed by atoms with E-state index >= 15 is 0 Å². The van der Waals surface area contributed by atoms with Gasteiger partial charge in [-0.25, -0.2) is 4.98 Å². The highest BCUT2D eigenvalue weighted by molar-refractivity contribution is 6.31. The highest BCUT2D eigenvalue weighted by atomic mass is 35.5. The number of amides is 1. The van der Waals surface area contributed by atoms with Gasteiger partial charge in [-0.2, -0.15) is 0 Å². The van der Waals surface area contributed by atoms with Crippen molar-refractivity contribution < 1.29 is 4.79 Å². The van der Waals surface area contributed by atoms with Gasteiger partial charge in [-0.3, -0.25) is 9.78 Å². The third-order valence-electron chi connectivity index (χ3n) is 2.68. The number of imidazole rings is 1. The largest absolute Gasteiger partial charge is 0.349 e.